The molecule has 0 bridgehead atoms. The maximum atomic E-state index is 12.4. The largest absolute Gasteiger partial charge is 0.452 e. The summed E-state index contributed by atoms with van der Waals surface area (Å²) in [7, 11) is 0. The first-order chi connectivity index (χ1) is 8.45. The highest BCUT2D eigenvalue weighted by molar-refractivity contribution is 7.09. The van der Waals surface area contributed by atoms with Gasteiger partial charge in [-0.15, -0.1) is 0 Å². The predicted octanol–water partition coefficient (Wildman–Crippen LogP) is 1.73. The number of aromatic nitrogens is 2. The lowest BCUT2D eigenvalue weighted by atomic mass is 9.98. The van der Waals surface area contributed by atoms with Gasteiger partial charge in [-0.1, -0.05) is 0 Å². The molecule has 0 aromatic carbocycles. The van der Waals surface area contributed by atoms with Crippen molar-refractivity contribution in [1.82, 2.24) is 9.36 Å². The SMILES string of the molecule is NC1CCC2CN(c3nc(C(F)(F)F)ns3)CC12. The third-order valence-corrected chi connectivity index (χ3v) is 4.63. The van der Waals surface area contributed by atoms with Gasteiger partial charge in [-0.05, 0) is 24.7 Å². The van der Waals surface area contributed by atoms with Gasteiger partial charge in [0.2, 0.25) is 11.0 Å². The van der Waals surface area contributed by atoms with Crippen molar-refractivity contribution < 1.29 is 13.2 Å². The number of halogens is 3. The molecule has 3 atom stereocenters. The van der Waals surface area contributed by atoms with Crippen LogP contribution in [0.25, 0.3) is 0 Å². The van der Waals surface area contributed by atoms with Crippen LogP contribution in [0.2, 0.25) is 0 Å². The molecule has 1 aliphatic carbocycles. The summed E-state index contributed by atoms with van der Waals surface area (Å²) in [5.41, 5.74) is 6.00. The summed E-state index contributed by atoms with van der Waals surface area (Å²) in [4.78, 5) is 5.47. The van der Waals surface area contributed by atoms with E-state index < -0.39 is 12.0 Å². The first-order valence-electron chi connectivity index (χ1n) is 5.86. The van der Waals surface area contributed by atoms with Crippen LogP contribution in [0.4, 0.5) is 18.3 Å². The maximum absolute atomic E-state index is 12.4. The van der Waals surface area contributed by atoms with E-state index in [0.717, 1.165) is 30.9 Å². The molecule has 1 aromatic heterocycles. The number of hydrogen-bond donors (Lipinski definition) is 1. The number of anilines is 1. The fourth-order valence-corrected chi connectivity index (χ4v) is 3.63. The Bertz CT molecular complexity index is 447. The lowest BCUT2D eigenvalue weighted by Gasteiger charge is -2.16. The predicted molar refractivity (Wildman–Crippen MR) is 61.3 cm³/mol. The van der Waals surface area contributed by atoms with E-state index in [1.165, 1.54) is 0 Å². The minimum atomic E-state index is -4.46. The van der Waals surface area contributed by atoms with Gasteiger partial charge in [-0.25, -0.2) is 0 Å². The molecule has 2 N–H and O–H groups in total. The van der Waals surface area contributed by atoms with Crippen molar-refractivity contribution in [3.8, 4) is 0 Å². The van der Waals surface area contributed by atoms with Gasteiger partial charge in [0.1, 0.15) is 0 Å². The van der Waals surface area contributed by atoms with Crippen molar-refractivity contribution >= 4 is 16.7 Å². The fraction of sp³-hybridized carbons (Fsp3) is 0.800. The number of rotatable bonds is 1. The minimum Gasteiger partial charge on any atom is -0.346 e. The van der Waals surface area contributed by atoms with E-state index in [4.69, 9.17) is 5.73 Å². The number of fused-ring (bicyclic) bond motifs is 1. The van der Waals surface area contributed by atoms with Crippen LogP contribution >= 0.6 is 11.5 Å². The zero-order valence-electron chi connectivity index (χ0n) is 9.52. The molecular weight excluding hydrogens is 265 g/mol. The molecule has 0 radical (unpaired) electrons. The third kappa shape index (κ3) is 1.97. The highest BCUT2D eigenvalue weighted by Gasteiger charge is 2.43. The normalized spacial score (nSPS) is 32.0. The van der Waals surface area contributed by atoms with Crippen molar-refractivity contribution in [3.05, 3.63) is 5.82 Å². The van der Waals surface area contributed by atoms with E-state index in [2.05, 4.69) is 9.36 Å². The van der Waals surface area contributed by atoms with Crippen LogP contribution in [0.5, 0.6) is 0 Å². The van der Waals surface area contributed by atoms with Crippen molar-refractivity contribution in [2.75, 3.05) is 18.0 Å². The van der Waals surface area contributed by atoms with Gasteiger partial charge in [0, 0.05) is 30.7 Å². The molecule has 1 saturated carbocycles. The number of nitrogens with two attached hydrogens (primary N) is 1. The average Bonchev–Trinajstić information content (AvgIpc) is 2.93. The van der Waals surface area contributed by atoms with Crippen molar-refractivity contribution in [2.24, 2.45) is 17.6 Å². The molecule has 4 nitrogen and oxygen atoms in total. The summed E-state index contributed by atoms with van der Waals surface area (Å²) in [5, 5.41) is 0.365. The quantitative estimate of drug-likeness (QED) is 0.850. The van der Waals surface area contributed by atoms with Crippen LogP contribution < -0.4 is 10.6 Å². The molecule has 18 heavy (non-hydrogen) atoms. The Morgan fingerprint density at radius 2 is 2.06 bits per heavy atom. The second-order valence-corrected chi connectivity index (χ2v) is 5.70. The Morgan fingerprint density at radius 3 is 2.67 bits per heavy atom. The Balaban J connectivity index is 1.75. The maximum Gasteiger partial charge on any atom is 0.452 e. The topological polar surface area (TPSA) is 55.0 Å². The van der Waals surface area contributed by atoms with Gasteiger partial charge in [0.05, 0.1) is 0 Å². The van der Waals surface area contributed by atoms with Gasteiger partial charge >= 0.3 is 6.18 Å². The lowest BCUT2D eigenvalue weighted by Crippen LogP contribution is -2.30. The summed E-state index contributed by atoms with van der Waals surface area (Å²) in [6.45, 7) is 1.46. The van der Waals surface area contributed by atoms with E-state index in [0.29, 0.717) is 23.5 Å². The van der Waals surface area contributed by atoms with Crippen LogP contribution in [-0.4, -0.2) is 28.5 Å². The van der Waals surface area contributed by atoms with Crippen LogP contribution in [-0.2, 0) is 6.18 Å². The first kappa shape index (κ1) is 12.2. The van der Waals surface area contributed by atoms with E-state index in [9.17, 15) is 13.2 Å². The number of nitrogens with zero attached hydrogens (tertiary/aromatic N) is 3. The van der Waals surface area contributed by atoms with Gasteiger partial charge in [-0.2, -0.15) is 22.5 Å². The van der Waals surface area contributed by atoms with Crippen LogP contribution in [0.1, 0.15) is 18.7 Å². The van der Waals surface area contributed by atoms with Crippen LogP contribution in [0.15, 0.2) is 0 Å². The first-order valence-corrected chi connectivity index (χ1v) is 6.64. The number of alkyl halides is 3. The highest BCUT2D eigenvalue weighted by atomic mass is 32.1. The molecule has 2 fully saturated rings. The van der Waals surface area contributed by atoms with E-state index >= 15 is 0 Å². The average molecular weight is 278 g/mol. The van der Waals surface area contributed by atoms with Gasteiger partial charge in [0.15, 0.2) is 0 Å². The van der Waals surface area contributed by atoms with Crippen molar-refractivity contribution in [2.45, 2.75) is 25.1 Å². The Kier molecular flexibility index (Phi) is 2.74. The van der Waals surface area contributed by atoms with Gasteiger partial charge in [-0.3, -0.25) is 0 Å². The fourth-order valence-electron chi connectivity index (χ4n) is 2.92. The molecule has 0 spiro atoms. The molecule has 3 rings (SSSR count). The summed E-state index contributed by atoms with van der Waals surface area (Å²) < 4.78 is 40.6. The van der Waals surface area contributed by atoms with E-state index in [1.807, 2.05) is 4.90 Å². The molecule has 1 saturated heterocycles. The minimum absolute atomic E-state index is 0.176. The summed E-state index contributed by atoms with van der Waals surface area (Å²) in [6.07, 6.45) is -2.37. The van der Waals surface area contributed by atoms with E-state index in [1.54, 1.807) is 0 Å². The summed E-state index contributed by atoms with van der Waals surface area (Å²) in [6, 6.07) is 0.176. The second-order valence-electron chi connectivity index (χ2n) is 4.97. The van der Waals surface area contributed by atoms with E-state index in [-0.39, 0.29) is 6.04 Å². The molecule has 1 aliphatic heterocycles. The third-order valence-electron chi connectivity index (χ3n) is 3.85. The molecular formula is C10H13F3N4S. The molecule has 1 aromatic rings. The van der Waals surface area contributed by atoms with Gasteiger partial charge < -0.3 is 10.6 Å². The summed E-state index contributed by atoms with van der Waals surface area (Å²) >= 11 is 0.818. The Labute approximate surface area is 106 Å². The molecule has 2 aliphatic rings. The standard InChI is InChI=1S/C10H13F3N4S/c11-10(12,13)8-15-9(18-16-8)17-3-5-1-2-7(14)6(5)4-17/h5-7H,1-4,14H2. The Hall–Kier alpha value is -0.890. The van der Waals surface area contributed by atoms with Gasteiger partial charge in [0.25, 0.3) is 0 Å². The lowest BCUT2D eigenvalue weighted by molar-refractivity contribution is -0.144. The highest BCUT2D eigenvalue weighted by Crippen LogP contribution is 2.40. The second kappa shape index (κ2) is 4.06. The molecule has 0 amide bonds. The Morgan fingerprint density at radius 1 is 1.28 bits per heavy atom. The molecule has 100 valence electrons. The van der Waals surface area contributed by atoms with Crippen LogP contribution in [0, 0.1) is 11.8 Å². The zero-order chi connectivity index (χ0) is 12.9. The van der Waals surface area contributed by atoms with Crippen molar-refractivity contribution in [3.63, 3.8) is 0 Å². The van der Waals surface area contributed by atoms with Crippen molar-refractivity contribution in [1.29, 1.82) is 0 Å². The van der Waals surface area contributed by atoms with Crippen LogP contribution in [0.3, 0.4) is 0 Å². The molecule has 8 heteroatoms. The number of hydrogen-bond acceptors (Lipinski definition) is 5. The molecule has 2 heterocycles. The smallest absolute Gasteiger partial charge is 0.346 e. The molecule has 3 unspecified atom stereocenters. The summed E-state index contributed by atoms with van der Waals surface area (Å²) in [5.74, 6) is -0.148. The monoisotopic (exact) mass is 278 g/mol. The zero-order valence-corrected chi connectivity index (χ0v) is 10.3.